The van der Waals surface area contributed by atoms with Crippen molar-refractivity contribution in [2.24, 2.45) is 23.2 Å². The Labute approximate surface area is 204 Å². The SMILES string of the molecule is N#CC(CC1CCC2(CC2)CC1=O)NC(=O)C(CC(=O)c1cc2cccc(Cl)c2[nH]1)CC1CC1. The van der Waals surface area contributed by atoms with Gasteiger partial charge in [-0.3, -0.25) is 14.4 Å². The van der Waals surface area contributed by atoms with Crippen molar-refractivity contribution in [3.8, 4) is 6.07 Å². The summed E-state index contributed by atoms with van der Waals surface area (Å²) in [6, 6.07) is 8.73. The van der Waals surface area contributed by atoms with Crippen LogP contribution in [0.5, 0.6) is 0 Å². The number of aromatic nitrogens is 1. The third-order valence-corrected chi connectivity index (χ3v) is 8.32. The molecule has 1 aromatic carbocycles. The lowest BCUT2D eigenvalue weighted by Crippen LogP contribution is -2.41. The summed E-state index contributed by atoms with van der Waals surface area (Å²) in [7, 11) is 0. The number of nitrogens with one attached hydrogen (secondary N) is 2. The molecule has 1 amide bonds. The predicted molar refractivity (Wildman–Crippen MR) is 129 cm³/mol. The van der Waals surface area contributed by atoms with E-state index in [2.05, 4.69) is 16.4 Å². The minimum Gasteiger partial charge on any atom is -0.351 e. The van der Waals surface area contributed by atoms with Crippen LogP contribution in [0, 0.1) is 34.5 Å². The lowest BCUT2D eigenvalue weighted by Gasteiger charge is -2.29. The Morgan fingerprint density at radius 3 is 2.65 bits per heavy atom. The Bertz CT molecular complexity index is 1170. The van der Waals surface area contributed by atoms with Crippen molar-refractivity contribution in [2.45, 2.75) is 70.3 Å². The number of carbonyl (C=O) groups excluding carboxylic acids is 3. The number of amides is 1. The van der Waals surface area contributed by atoms with Crippen LogP contribution >= 0.6 is 11.6 Å². The summed E-state index contributed by atoms with van der Waals surface area (Å²) < 4.78 is 0. The van der Waals surface area contributed by atoms with Crippen LogP contribution in [0.4, 0.5) is 0 Å². The summed E-state index contributed by atoms with van der Waals surface area (Å²) in [6.45, 7) is 0. The Morgan fingerprint density at radius 1 is 1.21 bits per heavy atom. The summed E-state index contributed by atoms with van der Waals surface area (Å²) in [4.78, 5) is 41.9. The summed E-state index contributed by atoms with van der Waals surface area (Å²) in [6.07, 6.45) is 7.98. The number of Topliss-reactive ketones (excluding diaryl/α,β-unsaturated/α-hetero) is 2. The van der Waals surface area contributed by atoms with Gasteiger partial charge in [-0.05, 0) is 62.0 Å². The minimum atomic E-state index is -0.710. The van der Waals surface area contributed by atoms with Gasteiger partial charge < -0.3 is 10.3 Å². The molecule has 6 nitrogen and oxygen atoms in total. The highest BCUT2D eigenvalue weighted by Crippen LogP contribution is 2.56. The second kappa shape index (κ2) is 9.19. The standard InChI is InChI=1S/C27H30ClN3O3/c28-21-3-1-2-18-12-22(31-25(18)21)23(32)13-19(10-16-4-5-16)26(34)30-20(15-29)11-17-6-7-27(8-9-27)14-24(17)33/h1-3,12,16-17,19-20,31H,4-11,13-14H2,(H,30,34). The highest BCUT2D eigenvalue weighted by atomic mass is 35.5. The van der Waals surface area contributed by atoms with Crippen LogP contribution in [-0.2, 0) is 9.59 Å². The predicted octanol–water partition coefficient (Wildman–Crippen LogP) is 5.36. The largest absolute Gasteiger partial charge is 0.351 e. The van der Waals surface area contributed by atoms with Gasteiger partial charge in [-0.1, -0.05) is 36.6 Å². The van der Waals surface area contributed by atoms with Crippen molar-refractivity contribution in [1.29, 1.82) is 5.26 Å². The van der Waals surface area contributed by atoms with Gasteiger partial charge >= 0.3 is 0 Å². The molecule has 34 heavy (non-hydrogen) atoms. The molecule has 1 heterocycles. The molecule has 0 bridgehead atoms. The summed E-state index contributed by atoms with van der Waals surface area (Å²) in [5.41, 5.74) is 1.40. The topological polar surface area (TPSA) is 103 Å². The number of para-hydroxylation sites is 1. The van der Waals surface area contributed by atoms with Crippen LogP contribution < -0.4 is 5.32 Å². The van der Waals surface area contributed by atoms with Crippen molar-refractivity contribution >= 4 is 40.0 Å². The third-order valence-electron chi connectivity index (χ3n) is 8.00. The number of benzene rings is 1. The summed E-state index contributed by atoms with van der Waals surface area (Å²) >= 11 is 6.23. The van der Waals surface area contributed by atoms with Crippen molar-refractivity contribution in [3.05, 3.63) is 35.0 Å². The number of nitrogens with zero attached hydrogens (tertiary/aromatic N) is 1. The van der Waals surface area contributed by atoms with E-state index in [1.807, 2.05) is 12.1 Å². The first-order valence-electron chi connectivity index (χ1n) is 12.4. The monoisotopic (exact) mass is 479 g/mol. The second-order valence-corrected chi connectivity index (χ2v) is 11.1. The van der Waals surface area contributed by atoms with Gasteiger partial charge in [0, 0.05) is 30.1 Å². The molecule has 1 spiro atoms. The normalized spacial score (nSPS) is 22.8. The molecule has 3 aliphatic carbocycles. The number of carbonyl (C=O) groups is 3. The number of hydrogen-bond acceptors (Lipinski definition) is 4. The van der Waals surface area contributed by atoms with Gasteiger partial charge in [-0.2, -0.15) is 5.26 Å². The third kappa shape index (κ3) is 5.05. The minimum absolute atomic E-state index is 0.0792. The Kier molecular flexibility index (Phi) is 6.24. The van der Waals surface area contributed by atoms with E-state index in [4.69, 9.17) is 11.6 Å². The number of nitriles is 1. The number of aromatic amines is 1. The van der Waals surface area contributed by atoms with Crippen molar-refractivity contribution < 1.29 is 14.4 Å². The van der Waals surface area contributed by atoms with Gasteiger partial charge in [0.15, 0.2) is 5.78 Å². The lowest BCUT2D eigenvalue weighted by molar-refractivity contribution is -0.128. The zero-order valence-corrected chi connectivity index (χ0v) is 20.0. The molecule has 0 aliphatic heterocycles. The van der Waals surface area contributed by atoms with Gasteiger partial charge in [0.25, 0.3) is 0 Å². The molecule has 0 radical (unpaired) electrons. The number of fused-ring (bicyclic) bond motifs is 1. The van der Waals surface area contributed by atoms with Crippen LogP contribution in [0.25, 0.3) is 10.9 Å². The molecule has 3 fully saturated rings. The number of rotatable bonds is 9. The Morgan fingerprint density at radius 2 is 2.00 bits per heavy atom. The molecule has 3 saturated carbocycles. The maximum atomic E-state index is 13.2. The molecular formula is C27H30ClN3O3. The summed E-state index contributed by atoms with van der Waals surface area (Å²) in [5.74, 6) is -0.358. The Balaban J connectivity index is 1.23. The van der Waals surface area contributed by atoms with E-state index in [0.717, 1.165) is 43.9 Å². The fraction of sp³-hybridized carbons (Fsp3) is 0.556. The van der Waals surface area contributed by atoms with Crippen LogP contribution in [0.2, 0.25) is 5.02 Å². The molecule has 3 aliphatic rings. The lowest BCUT2D eigenvalue weighted by atomic mass is 9.76. The van der Waals surface area contributed by atoms with Crippen LogP contribution in [0.3, 0.4) is 0 Å². The average Bonchev–Trinajstić information content (AvgIpc) is 3.73. The first kappa shape index (κ1) is 23.1. The average molecular weight is 480 g/mol. The summed E-state index contributed by atoms with van der Waals surface area (Å²) in [5, 5.41) is 14.0. The van der Waals surface area contributed by atoms with Gasteiger partial charge in [-0.25, -0.2) is 0 Å². The fourth-order valence-electron chi connectivity index (χ4n) is 5.46. The molecule has 2 aromatic rings. The number of ketones is 2. The zero-order valence-electron chi connectivity index (χ0n) is 19.2. The van der Waals surface area contributed by atoms with E-state index in [1.165, 1.54) is 0 Å². The fourth-order valence-corrected chi connectivity index (χ4v) is 5.69. The van der Waals surface area contributed by atoms with Crippen molar-refractivity contribution in [1.82, 2.24) is 10.3 Å². The molecule has 0 saturated heterocycles. The zero-order chi connectivity index (χ0) is 23.9. The van der Waals surface area contributed by atoms with Gasteiger partial charge in [0.05, 0.1) is 22.3 Å². The van der Waals surface area contributed by atoms with Gasteiger partial charge in [0.2, 0.25) is 5.91 Å². The molecule has 5 rings (SSSR count). The van der Waals surface area contributed by atoms with E-state index < -0.39 is 12.0 Å². The van der Waals surface area contributed by atoms with Crippen LogP contribution in [-0.4, -0.2) is 28.5 Å². The van der Waals surface area contributed by atoms with E-state index in [0.29, 0.717) is 41.4 Å². The second-order valence-electron chi connectivity index (χ2n) is 10.7. The molecule has 3 unspecified atom stereocenters. The van der Waals surface area contributed by atoms with E-state index >= 15 is 0 Å². The van der Waals surface area contributed by atoms with E-state index in [1.54, 1.807) is 12.1 Å². The molecule has 2 N–H and O–H groups in total. The van der Waals surface area contributed by atoms with Gasteiger partial charge in [0.1, 0.15) is 11.8 Å². The quantitative estimate of drug-likeness (QED) is 0.472. The van der Waals surface area contributed by atoms with Crippen LogP contribution in [0.15, 0.2) is 24.3 Å². The highest BCUT2D eigenvalue weighted by molar-refractivity contribution is 6.35. The van der Waals surface area contributed by atoms with E-state index in [9.17, 15) is 19.6 Å². The van der Waals surface area contributed by atoms with Gasteiger partial charge in [-0.15, -0.1) is 0 Å². The number of hydrogen-bond donors (Lipinski definition) is 2. The van der Waals surface area contributed by atoms with Crippen LogP contribution in [0.1, 0.15) is 74.7 Å². The maximum Gasteiger partial charge on any atom is 0.224 e. The van der Waals surface area contributed by atoms with Crippen molar-refractivity contribution in [2.75, 3.05) is 0 Å². The number of H-pyrrole nitrogens is 1. The van der Waals surface area contributed by atoms with Crippen molar-refractivity contribution in [3.63, 3.8) is 0 Å². The highest BCUT2D eigenvalue weighted by Gasteiger charge is 2.48. The maximum absolute atomic E-state index is 13.2. The first-order chi connectivity index (χ1) is 16.4. The smallest absolute Gasteiger partial charge is 0.224 e. The Hall–Kier alpha value is -2.65. The van der Waals surface area contributed by atoms with E-state index in [-0.39, 0.29) is 35.2 Å². The molecule has 178 valence electrons. The first-order valence-corrected chi connectivity index (χ1v) is 12.8. The molecular weight excluding hydrogens is 450 g/mol. The molecule has 1 aromatic heterocycles. The molecule has 3 atom stereocenters. The molecule has 7 heteroatoms. The number of halogens is 1.